The van der Waals surface area contributed by atoms with Gasteiger partial charge in [-0.25, -0.2) is 4.39 Å². The molecule has 0 bridgehead atoms. The lowest BCUT2D eigenvalue weighted by Gasteiger charge is -2.17. The van der Waals surface area contributed by atoms with Crippen LogP contribution in [0.25, 0.3) is 0 Å². The van der Waals surface area contributed by atoms with Crippen molar-refractivity contribution < 1.29 is 18.7 Å². The second kappa shape index (κ2) is 8.51. The van der Waals surface area contributed by atoms with Gasteiger partial charge in [0, 0.05) is 15.7 Å². The van der Waals surface area contributed by atoms with Crippen LogP contribution in [0.15, 0.2) is 71.2 Å². The molecule has 0 radical (unpaired) electrons. The minimum Gasteiger partial charge on any atom is -0.495 e. The summed E-state index contributed by atoms with van der Waals surface area (Å²) < 4.78 is 19.7. The molecule has 0 heterocycles. The summed E-state index contributed by atoms with van der Waals surface area (Å²) in [4.78, 5) is 25.6. The Balaban J connectivity index is 1.54. The Labute approximate surface area is 187 Å². The zero-order chi connectivity index (χ0) is 22.0. The van der Waals surface area contributed by atoms with Gasteiger partial charge in [-0.15, -0.1) is 0 Å². The molecular weight excluding hydrogens is 463 g/mol. The summed E-state index contributed by atoms with van der Waals surface area (Å²) in [6, 6.07) is 18.2. The third kappa shape index (κ3) is 4.46. The highest BCUT2D eigenvalue weighted by Crippen LogP contribution is 2.49. The average molecular weight is 483 g/mol. The Hall–Kier alpha value is -3.19. The first-order valence-electron chi connectivity index (χ1n) is 9.74. The van der Waals surface area contributed by atoms with Crippen LogP contribution >= 0.6 is 15.9 Å². The normalized spacial score (nSPS) is 13.9. The summed E-state index contributed by atoms with van der Waals surface area (Å²) in [5.41, 5.74) is 1.53. The number of benzene rings is 3. The minimum absolute atomic E-state index is 0.0950. The first-order valence-corrected chi connectivity index (χ1v) is 10.5. The van der Waals surface area contributed by atoms with E-state index in [-0.39, 0.29) is 11.5 Å². The van der Waals surface area contributed by atoms with Gasteiger partial charge in [0.25, 0.3) is 5.91 Å². The van der Waals surface area contributed by atoms with Gasteiger partial charge in [-0.2, -0.15) is 0 Å². The molecule has 7 heteroatoms. The van der Waals surface area contributed by atoms with Crippen LogP contribution in [0.2, 0.25) is 0 Å². The van der Waals surface area contributed by atoms with Crippen molar-refractivity contribution in [3.63, 3.8) is 0 Å². The monoisotopic (exact) mass is 482 g/mol. The first kappa shape index (κ1) is 21.1. The fraction of sp³-hybridized carbons (Fsp3) is 0.167. The largest absolute Gasteiger partial charge is 0.495 e. The molecule has 0 unspecified atom stereocenters. The van der Waals surface area contributed by atoms with Gasteiger partial charge in [0.1, 0.15) is 11.6 Å². The molecule has 3 aromatic rings. The maximum absolute atomic E-state index is 13.4. The molecule has 31 heavy (non-hydrogen) atoms. The van der Waals surface area contributed by atoms with Gasteiger partial charge in [0.15, 0.2) is 0 Å². The Bertz CT molecular complexity index is 1140. The second-order valence-corrected chi connectivity index (χ2v) is 8.34. The molecule has 0 aromatic heterocycles. The van der Waals surface area contributed by atoms with Crippen molar-refractivity contribution in [1.82, 2.24) is 0 Å². The molecule has 0 atom stereocenters. The van der Waals surface area contributed by atoms with E-state index in [1.807, 2.05) is 24.3 Å². The van der Waals surface area contributed by atoms with E-state index in [4.69, 9.17) is 4.74 Å². The molecule has 1 aliphatic carbocycles. The zero-order valence-corrected chi connectivity index (χ0v) is 18.3. The topological polar surface area (TPSA) is 67.4 Å². The van der Waals surface area contributed by atoms with Crippen molar-refractivity contribution in [2.24, 2.45) is 0 Å². The predicted molar refractivity (Wildman–Crippen MR) is 121 cm³/mol. The maximum atomic E-state index is 13.4. The van der Waals surface area contributed by atoms with Crippen molar-refractivity contribution in [2.75, 3.05) is 17.7 Å². The molecule has 0 spiro atoms. The summed E-state index contributed by atoms with van der Waals surface area (Å²) in [5, 5.41) is 5.68. The number of nitrogens with one attached hydrogen (secondary N) is 2. The van der Waals surface area contributed by atoms with Gasteiger partial charge in [-0.3, -0.25) is 9.59 Å². The van der Waals surface area contributed by atoms with Crippen LogP contribution in [0.5, 0.6) is 5.75 Å². The standard InChI is InChI=1S/C24H20BrFN2O3/c1-31-21-10-9-19(14-20(21)28-22(29)15-3-2-4-18(26)13-15)27-23(30)24(11-12-24)16-5-7-17(25)8-6-16/h2-10,13-14H,11-12H2,1H3,(H,27,30)(H,28,29). The van der Waals surface area contributed by atoms with E-state index < -0.39 is 17.1 Å². The number of methoxy groups -OCH3 is 1. The van der Waals surface area contributed by atoms with E-state index in [1.54, 1.807) is 18.2 Å². The van der Waals surface area contributed by atoms with Crippen molar-refractivity contribution in [3.8, 4) is 5.75 Å². The Morgan fingerprint density at radius 2 is 1.74 bits per heavy atom. The number of halogens is 2. The highest BCUT2D eigenvalue weighted by molar-refractivity contribution is 9.10. The number of anilines is 2. The summed E-state index contributed by atoms with van der Waals surface area (Å²) >= 11 is 3.42. The Kier molecular flexibility index (Phi) is 5.78. The molecule has 2 N–H and O–H groups in total. The minimum atomic E-state index is -0.536. The number of carbonyl (C=O) groups is 2. The molecule has 2 amide bonds. The van der Waals surface area contributed by atoms with Gasteiger partial charge in [0.05, 0.1) is 18.2 Å². The molecule has 4 rings (SSSR count). The van der Waals surface area contributed by atoms with Crippen molar-refractivity contribution >= 4 is 39.1 Å². The zero-order valence-electron chi connectivity index (χ0n) is 16.7. The van der Waals surface area contributed by atoms with Gasteiger partial charge in [-0.1, -0.05) is 34.1 Å². The average Bonchev–Trinajstić information content (AvgIpc) is 3.56. The van der Waals surface area contributed by atoms with Gasteiger partial charge < -0.3 is 15.4 Å². The van der Waals surface area contributed by atoms with Crippen LogP contribution in [-0.4, -0.2) is 18.9 Å². The van der Waals surface area contributed by atoms with E-state index in [0.717, 1.165) is 28.9 Å². The highest BCUT2D eigenvalue weighted by Gasteiger charge is 2.51. The van der Waals surface area contributed by atoms with E-state index in [0.29, 0.717) is 17.1 Å². The summed E-state index contributed by atoms with van der Waals surface area (Å²) in [6.45, 7) is 0. The van der Waals surface area contributed by atoms with Crippen LogP contribution in [0.4, 0.5) is 15.8 Å². The quantitative estimate of drug-likeness (QED) is 0.485. The summed E-state index contributed by atoms with van der Waals surface area (Å²) in [5.74, 6) is -0.641. The molecule has 1 saturated carbocycles. The van der Waals surface area contributed by atoms with Crippen LogP contribution < -0.4 is 15.4 Å². The van der Waals surface area contributed by atoms with E-state index in [2.05, 4.69) is 26.6 Å². The fourth-order valence-corrected chi connectivity index (χ4v) is 3.76. The first-order chi connectivity index (χ1) is 14.9. The summed E-state index contributed by atoms with van der Waals surface area (Å²) in [6.07, 6.45) is 1.56. The van der Waals surface area contributed by atoms with Crippen LogP contribution in [-0.2, 0) is 10.2 Å². The Morgan fingerprint density at radius 1 is 1.00 bits per heavy atom. The third-order valence-electron chi connectivity index (χ3n) is 5.37. The van der Waals surface area contributed by atoms with Crippen LogP contribution in [0.3, 0.4) is 0 Å². The molecule has 1 aliphatic rings. The highest BCUT2D eigenvalue weighted by atomic mass is 79.9. The van der Waals surface area contributed by atoms with Gasteiger partial charge in [0.2, 0.25) is 5.91 Å². The number of rotatable bonds is 6. The molecule has 1 fully saturated rings. The predicted octanol–water partition coefficient (Wildman–Crippen LogP) is 5.52. The number of ether oxygens (including phenoxy) is 1. The third-order valence-corrected chi connectivity index (χ3v) is 5.90. The lowest BCUT2D eigenvalue weighted by molar-refractivity contribution is -0.118. The molecule has 0 saturated heterocycles. The molecule has 0 aliphatic heterocycles. The van der Waals surface area contributed by atoms with E-state index in [1.165, 1.54) is 25.3 Å². The molecule has 5 nitrogen and oxygen atoms in total. The van der Waals surface area contributed by atoms with Gasteiger partial charge >= 0.3 is 0 Å². The van der Waals surface area contributed by atoms with Crippen LogP contribution in [0, 0.1) is 5.82 Å². The number of carbonyl (C=O) groups excluding carboxylic acids is 2. The van der Waals surface area contributed by atoms with Crippen LogP contribution in [0.1, 0.15) is 28.8 Å². The fourth-order valence-electron chi connectivity index (χ4n) is 3.50. The molecule has 158 valence electrons. The SMILES string of the molecule is COc1ccc(NC(=O)C2(c3ccc(Br)cc3)CC2)cc1NC(=O)c1cccc(F)c1. The lowest BCUT2D eigenvalue weighted by Crippen LogP contribution is -2.27. The van der Waals surface area contributed by atoms with Crippen molar-refractivity contribution in [2.45, 2.75) is 18.3 Å². The molecular formula is C24H20BrFN2O3. The summed E-state index contributed by atoms with van der Waals surface area (Å²) in [7, 11) is 1.48. The van der Waals surface area contributed by atoms with E-state index >= 15 is 0 Å². The lowest BCUT2D eigenvalue weighted by atomic mass is 9.95. The van der Waals surface area contributed by atoms with Gasteiger partial charge in [-0.05, 0) is 66.9 Å². The second-order valence-electron chi connectivity index (χ2n) is 7.42. The number of hydrogen-bond acceptors (Lipinski definition) is 3. The smallest absolute Gasteiger partial charge is 0.255 e. The maximum Gasteiger partial charge on any atom is 0.255 e. The Morgan fingerprint density at radius 3 is 2.39 bits per heavy atom. The number of hydrogen-bond donors (Lipinski definition) is 2. The molecule has 3 aromatic carbocycles. The van der Waals surface area contributed by atoms with Crippen molar-refractivity contribution in [1.29, 1.82) is 0 Å². The van der Waals surface area contributed by atoms with E-state index in [9.17, 15) is 14.0 Å². The number of amides is 2. The van der Waals surface area contributed by atoms with Crippen molar-refractivity contribution in [3.05, 3.63) is 88.1 Å².